The summed E-state index contributed by atoms with van der Waals surface area (Å²) in [5.41, 5.74) is 3.08. The fourth-order valence-corrected chi connectivity index (χ4v) is 1.87. The number of hydrogen-bond donors (Lipinski definition) is 0. The van der Waals surface area contributed by atoms with E-state index in [0.717, 1.165) is 11.3 Å². The second kappa shape index (κ2) is 8.13. The molecule has 0 radical (unpaired) electrons. The number of carbonyl (C=O) groups excluding carboxylic acids is 1. The Balaban J connectivity index is 1.89. The van der Waals surface area contributed by atoms with Gasteiger partial charge in [0.25, 0.3) is 0 Å². The molecule has 0 N–H and O–H groups in total. The summed E-state index contributed by atoms with van der Waals surface area (Å²) in [5, 5.41) is 0. The van der Waals surface area contributed by atoms with E-state index in [0.29, 0.717) is 5.75 Å². The second-order valence-electron chi connectivity index (χ2n) is 5.49. The van der Waals surface area contributed by atoms with Crippen molar-refractivity contribution in [3.05, 3.63) is 59.7 Å². The summed E-state index contributed by atoms with van der Waals surface area (Å²) < 4.78 is 10.4. The molecule has 0 atom stereocenters. The van der Waals surface area contributed by atoms with Gasteiger partial charge in [-0.05, 0) is 62.7 Å². The van der Waals surface area contributed by atoms with E-state index in [9.17, 15) is 4.79 Å². The van der Waals surface area contributed by atoms with Crippen LogP contribution in [0.15, 0.2) is 53.5 Å². The maximum atomic E-state index is 11.4. The topological polar surface area (TPSA) is 47.9 Å². The Hall–Kier alpha value is -2.62. The first-order chi connectivity index (χ1) is 11.0. The fraction of sp³-hybridized carbons (Fsp3) is 0.263. The van der Waals surface area contributed by atoms with Crippen molar-refractivity contribution < 1.29 is 14.3 Å². The number of carbonyl (C=O) groups is 1. The molecule has 2 rings (SSSR count). The molecule has 0 saturated carbocycles. The first-order valence-electron chi connectivity index (χ1n) is 7.56. The van der Waals surface area contributed by atoms with E-state index in [1.165, 1.54) is 5.56 Å². The molecular formula is C19H21NO3. The van der Waals surface area contributed by atoms with Gasteiger partial charge in [-0.1, -0.05) is 17.7 Å². The highest BCUT2D eigenvalue weighted by atomic mass is 16.6. The lowest BCUT2D eigenvalue weighted by atomic mass is 10.2. The van der Waals surface area contributed by atoms with Gasteiger partial charge in [-0.15, -0.1) is 0 Å². The highest BCUT2D eigenvalue weighted by molar-refractivity contribution is 5.82. The molecule has 0 fully saturated rings. The van der Waals surface area contributed by atoms with Gasteiger partial charge < -0.3 is 9.47 Å². The predicted octanol–water partition coefficient (Wildman–Crippen LogP) is 4.08. The maximum Gasteiger partial charge on any atom is 0.344 e. The first-order valence-corrected chi connectivity index (χ1v) is 7.56. The Morgan fingerprint density at radius 2 is 1.74 bits per heavy atom. The highest BCUT2D eigenvalue weighted by Crippen LogP contribution is 2.14. The summed E-state index contributed by atoms with van der Waals surface area (Å²) >= 11 is 0. The van der Waals surface area contributed by atoms with Crippen molar-refractivity contribution in [2.24, 2.45) is 4.99 Å². The van der Waals surface area contributed by atoms with Gasteiger partial charge in [0.15, 0.2) is 6.61 Å². The number of benzene rings is 2. The summed E-state index contributed by atoms with van der Waals surface area (Å²) in [7, 11) is 0. The van der Waals surface area contributed by atoms with Crippen LogP contribution in [0.5, 0.6) is 5.75 Å². The Kier molecular flexibility index (Phi) is 5.92. The Morgan fingerprint density at radius 1 is 1.09 bits per heavy atom. The van der Waals surface area contributed by atoms with E-state index < -0.39 is 0 Å². The van der Waals surface area contributed by atoms with Gasteiger partial charge in [0.2, 0.25) is 0 Å². The molecule has 0 aromatic heterocycles. The first kappa shape index (κ1) is 16.7. The Labute approximate surface area is 136 Å². The van der Waals surface area contributed by atoms with Gasteiger partial charge in [0.05, 0.1) is 11.8 Å². The van der Waals surface area contributed by atoms with E-state index in [-0.39, 0.29) is 18.7 Å². The van der Waals surface area contributed by atoms with Gasteiger partial charge in [-0.3, -0.25) is 4.99 Å². The lowest BCUT2D eigenvalue weighted by molar-refractivity contribution is -0.149. The van der Waals surface area contributed by atoms with Crippen LogP contribution in [0.3, 0.4) is 0 Å². The van der Waals surface area contributed by atoms with E-state index >= 15 is 0 Å². The third-order valence-electron chi connectivity index (χ3n) is 3.00. The van der Waals surface area contributed by atoms with Gasteiger partial charge >= 0.3 is 5.97 Å². The summed E-state index contributed by atoms with van der Waals surface area (Å²) in [4.78, 5) is 15.8. The molecule has 0 unspecified atom stereocenters. The molecule has 0 aliphatic heterocycles. The van der Waals surface area contributed by atoms with Crippen molar-refractivity contribution in [1.82, 2.24) is 0 Å². The lowest BCUT2D eigenvalue weighted by Crippen LogP contribution is -2.18. The van der Waals surface area contributed by atoms with Gasteiger partial charge in [0, 0.05) is 6.21 Å². The zero-order valence-electron chi connectivity index (χ0n) is 13.7. The van der Waals surface area contributed by atoms with Crippen LogP contribution < -0.4 is 4.74 Å². The second-order valence-corrected chi connectivity index (χ2v) is 5.49. The minimum absolute atomic E-state index is 0.0883. The summed E-state index contributed by atoms with van der Waals surface area (Å²) in [6.45, 7) is 5.57. The van der Waals surface area contributed by atoms with Crippen LogP contribution >= 0.6 is 0 Å². The maximum absolute atomic E-state index is 11.4. The third-order valence-corrected chi connectivity index (χ3v) is 3.00. The Morgan fingerprint density at radius 3 is 2.35 bits per heavy atom. The average molecular weight is 311 g/mol. The number of aryl methyl sites for hydroxylation is 1. The number of ether oxygens (including phenoxy) is 2. The van der Waals surface area contributed by atoms with Crippen molar-refractivity contribution in [3.8, 4) is 5.75 Å². The quantitative estimate of drug-likeness (QED) is 0.596. The monoisotopic (exact) mass is 311 g/mol. The number of aliphatic imine (C=N–C) groups is 1. The molecule has 0 amide bonds. The zero-order valence-corrected chi connectivity index (χ0v) is 13.7. The summed E-state index contributed by atoms with van der Waals surface area (Å²) in [5.74, 6) is 0.253. The van der Waals surface area contributed by atoms with E-state index in [1.807, 2.05) is 43.3 Å². The molecule has 0 aliphatic carbocycles. The normalized spacial score (nSPS) is 11.0. The minimum Gasteiger partial charge on any atom is -0.482 e. The van der Waals surface area contributed by atoms with E-state index in [1.54, 1.807) is 32.2 Å². The van der Waals surface area contributed by atoms with Crippen molar-refractivity contribution in [2.45, 2.75) is 26.9 Å². The molecule has 2 aromatic rings. The average Bonchev–Trinajstić information content (AvgIpc) is 2.53. The fourth-order valence-electron chi connectivity index (χ4n) is 1.87. The molecule has 120 valence electrons. The molecule has 23 heavy (non-hydrogen) atoms. The number of esters is 1. The largest absolute Gasteiger partial charge is 0.482 e. The van der Waals surface area contributed by atoms with Crippen molar-refractivity contribution in [1.29, 1.82) is 0 Å². The van der Waals surface area contributed by atoms with Crippen LogP contribution in [0.1, 0.15) is 25.0 Å². The number of nitrogens with zero attached hydrogens (tertiary/aromatic N) is 1. The van der Waals surface area contributed by atoms with Crippen molar-refractivity contribution >= 4 is 17.9 Å². The van der Waals surface area contributed by atoms with Crippen molar-refractivity contribution in [3.63, 3.8) is 0 Å². The summed E-state index contributed by atoms with van der Waals surface area (Å²) in [6, 6.07) is 15.4. The minimum atomic E-state index is -0.370. The third kappa shape index (κ3) is 5.94. The number of rotatable bonds is 6. The van der Waals surface area contributed by atoms with Gasteiger partial charge in [-0.2, -0.15) is 0 Å². The van der Waals surface area contributed by atoms with E-state index in [4.69, 9.17) is 9.47 Å². The predicted molar refractivity (Wildman–Crippen MR) is 91.6 cm³/mol. The van der Waals surface area contributed by atoms with Crippen LogP contribution in [0.2, 0.25) is 0 Å². The van der Waals surface area contributed by atoms with Crippen LogP contribution in [0, 0.1) is 6.92 Å². The molecule has 0 saturated heterocycles. The van der Waals surface area contributed by atoms with Gasteiger partial charge in [-0.25, -0.2) is 4.79 Å². The van der Waals surface area contributed by atoms with Crippen LogP contribution in [-0.4, -0.2) is 24.9 Å². The molecular weight excluding hydrogens is 290 g/mol. The van der Waals surface area contributed by atoms with Gasteiger partial charge in [0.1, 0.15) is 5.75 Å². The number of hydrogen-bond acceptors (Lipinski definition) is 4. The molecule has 0 heterocycles. The lowest BCUT2D eigenvalue weighted by Gasteiger charge is -2.09. The zero-order chi connectivity index (χ0) is 16.7. The molecule has 2 aromatic carbocycles. The van der Waals surface area contributed by atoms with E-state index in [2.05, 4.69) is 4.99 Å². The molecule has 0 spiro atoms. The molecule has 4 nitrogen and oxygen atoms in total. The van der Waals surface area contributed by atoms with Crippen LogP contribution in [0.25, 0.3) is 0 Å². The molecule has 0 bridgehead atoms. The van der Waals surface area contributed by atoms with Crippen molar-refractivity contribution in [2.75, 3.05) is 6.61 Å². The smallest absolute Gasteiger partial charge is 0.344 e. The summed E-state index contributed by atoms with van der Waals surface area (Å²) in [6.07, 6.45) is 1.66. The van der Waals surface area contributed by atoms with Crippen LogP contribution in [-0.2, 0) is 9.53 Å². The Bertz CT molecular complexity index is 658. The SMILES string of the molecule is Cc1ccc(N=Cc2ccc(OCC(=O)OC(C)C)cc2)cc1. The standard InChI is InChI=1S/C19H21NO3/c1-14(2)23-19(21)13-22-18-10-6-16(7-11-18)12-20-17-8-4-15(3)5-9-17/h4-12,14H,13H2,1-3H3. The molecule has 0 aliphatic rings. The molecule has 4 heteroatoms. The van der Waals surface area contributed by atoms with Crippen LogP contribution in [0.4, 0.5) is 5.69 Å². The highest BCUT2D eigenvalue weighted by Gasteiger charge is 2.06.